The highest BCUT2D eigenvalue weighted by Crippen LogP contribution is 2.42. The normalized spacial score (nSPS) is 16.0. The van der Waals surface area contributed by atoms with Crippen LogP contribution in [0.1, 0.15) is 28.7 Å². The van der Waals surface area contributed by atoms with Crippen LogP contribution < -0.4 is 5.43 Å². The van der Waals surface area contributed by atoms with Gasteiger partial charge in [-0.1, -0.05) is 42.0 Å². The molecule has 5 rings (SSSR count). The van der Waals surface area contributed by atoms with Crippen LogP contribution in [0, 0.1) is 12.7 Å². The summed E-state index contributed by atoms with van der Waals surface area (Å²) in [4.78, 5) is 16.4. The molecule has 2 atom stereocenters. The Kier molecular flexibility index (Phi) is 4.24. The molecule has 7 heteroatoms. The van der Waals surface area contributed by atoms with Crippen LogP contribution in [-0.2, 0) is 6.54 Å². The standard InChI is InChI=1S/C23H19FN4O2/c1-14-2-4-15(5-3-14)20(16-6-8-17(24)9-7-16)18-13-27-11-10-25-23(27)21-22(30)19(29)12-26-28(18)21/h2-12,18,20,30H,13H2,1H3/t18-,20?/m1/s1. The van der Waals surface area contributed by atoms with Crippen LogP contribution in [0.25, 0.3) is 11.5 Å². The lowest BCUT2D eigenvalue weighted by Gasteiger charge is -2.34. The third-order valence-electron chi connectivity index (χ3n) is 5.66. The van der Waals surface area contributed by atoms with E-state index < -0.39 is 5.43 Å². The first kappa shape index (κ1) is 18.3. The van der Waals surface area contributed by atoms with Crippen LogP contribution in [0.5, 0.6) is 5.75 Å². The summed E-state index contributed by atoms with van der Waals surface area (Å²) in [6, 6.07) is 14.3. The average Bonchev–Trinajstić information content (AvgIpc) is 3.22. The van der Waals surface area contributed by atoms with Crippen LogP contribution in [-0.4, -0.2) is 24.4 Å². The van der Waals surface area contributed by atoms with E-state index in [0.29, 0.717) is 18.1 Å². The fraction of sp³-hybridized carbons (Fsp3) is 0.174. The van der Waals surface area contributed by atoms with Gasteiger partial charge in [0.15, 0.2) is 11.6 Å². The fourth-order valence-corrected chi connectivity index (χ4v) is 4.20. The first-order chi connectivity index (χ1) is 14.5. The maximum absolute atomic E-state index is 13.6. The number of aromatic nitrogens is 4. The van der Waals surface area contributed by atoms with Gasteiger partial charge in [-0.2, -0.15) is 5.10 Å². The zero-order valence-corrected chi connectivity index (χ0v) is 16.2. The minimum atomic E-state index is -0.551. The Labute approximate surface area is 171 Å². The molecule has 1 N–H and O–H groups in total. The van der Waals surface area contributed by atoms with Crippen LogP contribution in [0.2, 0.25) is 0 Å². The average molecular weight is 402 g/mol. The number of aromatic hydroxyl groups is 1. The smallest absolute Gasteiger partial charge is 0.242 e. The number of rotatable bonds is 3. The molecular weight excluding hydrogens is 383 g/mol. The summed E-state index contributed by atoms with van der Waals surface area (Å²) < 4.78 is 17.2. The summed E-state index contributed by atoms with van der Waals surface area (Å²) in [6.07, 6.45) is 4.58. The first-order valence-corrected chi connectivity index (χ1v) is 9.67. The van der Waals surface area contributed by atoms with Crippen LogP contribution in [0.15, 0.2) is 71.9 Å². The summed E-state index contributed by atoms with van der Waals surface area (Å²) in [5.74, 6) is -0.365. The van der Waals surface area contributed by atoms with Gasteiger partial charge in [0, 0.05) is 24.9 Å². The Morgan fingerprint density at radius 2 is 1.77 bits per heavy atom. The van der Waals surface area contributed by atoms with Crippen molar-refractivity contribution in [2.24, 2.45) is 0 Å². The topological polar surface area (TPSA) is 72.9 Å². The molecule has 3 heterocycles. The second-order valence-electron chi connectivity index (χ2n) is 7.56. The number of halogens is 1. The van der Waals surface area contributed by atoms with Crippen molar-refractivity contribution in [3.8, 4) is 17.3 Å². The molecular formula is C23H19FN4O2. The van der Waals surface area contributed by atoms with Crippen molar-refractivity contribution in [2.75, 3.05) is 0 Å². The third kappa shape index (κ3) is 2.90. The van der Waals surface area contributed by atoms with E-state index in [0.717, 1.165) is 22.9 Å². The van der Waals surface area contributed by atoms with Crippen LogP contribution in [0.4, 0.5) is 4.39 Å². The first-order valence-electron chi connectivity index (χ1n) is 9.67. The van der Waals surface area contributed by atoms with E-state index in [1.54, 1.807) is 23.0 Å². The highest BCUT2D eigenvalue weighted by Gasteiger charge is 2.35. The van der Waals surface area contributed by atoms with E-state index in [1.165, 1.54) is 12.1 Å². The molecule has 2 aromatic carbocycles. The molecule has 30 heavy (non-hydrogen) atoms. The fourth-order valence-electron chi connectivity index (χ4n) is 4.20. The molecule has 0 saturated carbocycles. The van der Waals surface area contributed by atoms with E-state index in [1.807, 2.05) is 29.8 Å². The van der Waals surface area contributed by atoms with Gasteiger partial charge in [0.2, 0.25) is 5.43 Å². The highest BCUT2D eigenvalue weighted by atomic mass is 19.1. The Morgan fingerprint density at radius 3 is 2.47 bits per heavy atom. The molecule has 2 aromatic heterocycles. The summed E-state index contributed by atoms with van der Waals surface area (Å²) in [5, 5.41) is 14.9. The lowest BCUT2D eigenvalue weighted by atomic mass is 9.84. The van der Waals surface area contributed by atoms with Gasteiger partial charge in [0.25, 0.3) is 0 Å². The summed E-state index contributed by atoms with van der Waals surface area (Å²) in [6.45, 7) is 2.56. The Balaban J connectivity index is 1.74. The Bertz CT molecular complexity index is 1230. The number of aryl methyl sites for hydroxylation is 1. The van der Waals surface area contributed by atoms with Gasteiger partial charge in [-0.3, -0.25) is 9.48 Å². The maximum atomic E-state index is 13.6. The number of benzene rings is 2. The van der Waals surface area contributed by atoms with E-state index >= 15 is 0 Å². The van der Waals surface area contributed by atoms with Crippen molar-refractivity contribution in [1.29, 1.82) is 0 Å². The molecule has 0 saturated heterocycles. The molecule has 1 aliphatic rings. The molecule has 0 fully saturated rings. The van der Waals surface area contributed by atoms with Crippen molar-refractivity contribution in [3.05, 3.63) is 99.9 Å². The third-order valence-corrected chi connectivity index (χ3v) is 5.66. The molecule has 4 aromatic rings. The zero-order valence-electron chi connectivity index (χ0n) is 16.2. The monoisotopic (exact) mass is 402 g/mol. The molecule has 1 aliphatic heterocycles. The van der Waals surface area contributed by atoms with Gasteiger partial charge in [-0.15, -0.1) is 0 Å². The SMILES string of the molecule is Cc1ccc(C(c2ccc(F)cc2)[C@H]2Cn3ccnc3-c3c(O)c(=O)cnn32)cc1. The summed E-state index contributed by atoms with van der Waals surface area (Å²) in [7, 11) is 0. The van der Waals surface area contributed by atoms with E-state index in [9.17, 15) is 14.3 Å². The maximum Gasteiger partial charge on any atom is 0.242 e. The largest absolute Gasteiger partial charge is 0.503 e. The van der Waals surface area contributed by atoms with Gasteiger partial charge in [0.05, 0.1) is 12.2 Å². The number of fused-ring (bicyclic) bond motifs is 3. The van der Waals surface area contributed by atoms with Gasteiger partial charge >= 0.3 is 0 Å². The number of nitrogens with zero attached hydrogens (tertiary/aromatic N) is 4. The molecule has 0 spiro atoms. The molecule has 150 valence electrons. The molecule has 6 nitrogen and oxygen atoms in total. The van der Waals surface area contributed by atoms with Crippen molar-refractivity contribution >= 4 is 0 Å². The lowest BCUT2D eigenvalue weighted by molar-refractivity contribution is 0.331. The second kappa shape index (κ2) is 6.95. The predicted molar refractivity (Wildman–Crippen MR) is 110 cm³/mol. The van der Waals surface area contributed by atoms with E-state index in [-0.39, 0.29) is 23.5 Å². The summed E-state index contributed by atoms with van der Waals surface area (Å²) >= 11 is 0. The van der Waals surface area contributed by atoms with Gasteiger partial charge in [-0.25, -0.2) is 9.37 Å². The Morgan fingerprint density at radius 1 is 1.10 bits per heavy atom. The predicted octanol–water partition coefficient (Wildman–Crippen LogP) is 3.65. The van der Waals surface area contributed by atoms with Crippen molar-refractivity contribution < 1.29 is 9.50 Å². The molecule has 0 radical (unpaired) electrons. The minimum absolute atomic E-state index is 0.185. The quantitative estimate of drug-likeness (QED) is 0.568. The summed E-state index contributed by atoms with van der Waals surface area (Å²) in [5.41, 5.74) is 2.83. The molecule has 0 aliphatic carbocycles. The minimum Gasteiger partial charge on any atom is -0.503 e. The van der Waals surface area contributed by atoms with Crippen LogP contribution >= 0.6 is 0 Å². The number of imidazole rings is 1. The van der Waals surface area contributed by atoms with Gasteiger partial charge in [0.1, 0.15) is 11.5 Å². The lowest BCUT2D eigenvalue weighted by Crippen LogP contribution is -2.32. The van der Waals surface area contributed by atoms with E-state index in [2.05, 4.69) is 22.2 Å². The number of hydrogen-bond acceptors (Lipinski definition) is 4. The second-order valence-corrected chi connectivity index (χ2v) is 7.56. The Hall–Kier alpha value is -3.74. The van der Waals surface area contributed by atoms with Crippen molar-refractivity contribution in [1.82, 2.24) is 19.3 Å². The number of hydrogen-bond donors (Lipinski definition) is 1. The van der Waals surface area contributed by atoms with Crippen molar-refractivity contribution in [3.63, 3.8) is 0 Å². The molecule has 0 bridgehead atoms. The van der Waals surface area contributed by atoms with Crippen molar-refractivity contribution in [2.45, 2.75) is 25.4 Å². The van der Waals surface area contributed by atoms with Crippen LogP contribution in [0.3, 0.4) is 0 Å². The zero-order chi connectivity index (χ0) is 20.8. The van der Waals surface area contributed by atoms with E-state index in [4.69, 9.17) is 0 Å². The van der Waals surface area contributed by atoms with Gasteiger partial charge in [-0.05, 0) is 30.2 Å². The molecule has 1 unspecified atom stereocenters. The highest BCUT2D eigenvalue weighted by molar-refractivity contribution is 5.60. The molecule has 0 amide bonds. The van der Waals surface area contributed by atoms with Gasteiger partial charge < -0.3 is 9.67 Å².